The molecule has 1 aromatic carbocycles. The quantitative estimate of drug-likeness (QED) is 0.786. The fourth-order valence-corrected chi connectivity index (χ4v) is 1.48. The van der Waals surface area contributed by atoms with Gasteiger partial charge in [0.15, 0.2) is 0 Å². The number of fused-ring (bicyclic) bond motifs is 1. The highest BCUT2D eigenvalue weighted by Gasteiger charge is 2.08. The van der Waals surface area contributed by atoms with E-state index < -0.39 is 6.17 Å². The number of rotatable bonds is 2. The van der Waals surface area contributed by atoms with Gasteiger partial charge in [-0.25, -0.2) is 9.37 Å². The number of alkyl halides is 1. The van der Waals surface area contributed by atoms with E-state index in [1.165, 1.54) is 0 Å². The van der Waals surface area contributed by atoms with Crippen molar-refractivity contribution in [2.45, 2.75) is 6.17 Å². The van der Waals surface area contributed by atoms with Crippen molar-refractivity contribution in [1.29, 1.82) is 0 Å². The van der Waals surface area contributed by atoms with Gasteiger partial charge in [-0.05, 0) is 17.7 Å². The fraction of sp³-hybridized carbons (Fsp3) is 0.300. The van der Waals surface area contributed by atoms with Gasteiger partial charge in [-0.3, -0.25) is 0 Å². The molecule has 14 heavy (non-hydrogen) atoms. The van der Waals surface area contributed by atoms with Gasteiger partial charge in [0.2, 0.25) is 0 Å². The minimum Gasteiger partial charge on any atom is -0.334 e. The normalized spacial score (nSPS) is 13.4. The number of imidazole rings is 1. The summed E-state index contributed by atoms with van der Waals surface area (Å²) in [6, 6.07) is 5.36. The van der Waals surface area contributed by atoms with Crippen LogP contribution in [0.2, 0.25) is 0 Å². The number of benzene rings is 1. The van der Waals surface area contributed by atoms with Gasteiger partial charge in [-0.15, -0.1) is 0 Å². The lowest BCUT2D eigenvalue weighted by Crippen LogP contribution is -2.07. The second-order valence-electron chi connectivity index (χ2n) is 3.31. The molecule has 0 amide bonds. The molecule has 0 bridgehead atoms. The van der Waals surface area contributed by atoms with E-state index in [0.29, 0.717) is 5.56 Å². The monoisotopic (exact) mass is 193 g/mol. The standard InChI is InChI=1S/C10H12FN3/c1-14-6-13-9-4-7(8(11)5-12)2-3-10(9)14/h2-4,6,8H,5,12H2,1H3. The lowest BCUT2D eigenvalue weighted by atomic mass is 10.1. The van der Waals surface area contributed by atoms with Crippen LogP contribution in [0.5, 0.6) is 0 Å². The topological polar surface area (TPSA) is 43.8 Å². The summed E-state index contributed by atoms with van der Waals surface area (Å²) in [6.07, 6.45) is 0.617. The van der Waals surface area contributed by atoms with Crippen LogP contribution < -0.4 is 5.73 Å². The van der Waals surface area contributed by atoms with Crippen LogP contribution in [0.3, 0.4) is 0 Å². The number of hydrogen-bond acceptors (Lipinski definition) is 2. The van der Waals surface area contributed by atoms with E-state index in [0.717, 1.165) is 11.0 Å². The summed E-state index contributed by atoms with van der Waals surface area (Å²) in [4.78, 5) is 4.15. The Hall–Kier alpha value is -1.42. The molecule has 2 aromatic rings. The van der Waals surface area contributed by atoms with Crippen LogP contribution in [0.1, 0.15) is 11.7 Å². The molecule has 4 heteroatoms. The molecule has 0 radical (unpaired) electrons. The Bertz CT molecular complexity index is 450. The van der Waals surface area contributed by atoms with Crippen molar-refractivity contribution in [2.75, 3.05) is 6.54 Å². The van der Waals surface area contributed by atoms with Crippen molar-refractivity contribution in [2.24, 2.45) is 12.8 Å². The van der Waals surface area contributed by atoms with Crippen LogP contribution >= 0.6 is 0 Å². The second-order valence-corrected chi connectivity index (χ2v) is 3.31. The Morgan fingerprint density at radius 1 is 1.57 bits per heavy atom. The first-order valence-electron chi connectivity index (χ1n) is 4.47. The Labute approximate surface area is 81.4 Å². The molecular formula is C10H12FN3. The van der Waals surface area contributed by atoms with Crippen LogP contribution in [-0.2, 0) is 7.05 Å². The van der Waals surface area contributed by atoms with E-state index in [1.807, 2.05) is 17.7 Å². The maximum atomic E-state index is 13.2. The molecule has 3 nitrogen and oxygen atoms in total. The van der Waals surface area contributed by atoms with E-state index in [9.17, 15) is 4.39 Å². The molecular weight excluding hydrogens is 181 g/mol. The number of aromatic nitrogens is 2. The average Bonchev–Trinajstić information content (AvgIpc) is 2.59. The molecule has 0 aliphatic carbocycles. The third kappa shape index (κ3) is 1.37. The molecule has 1 unspecified atom stereocenters. The van der Waals surface area contributed by atoms with Gasteiger partial charge in [0, 0.05) is 13.6 Å². The van der Waals surface area contributed by atoms with Gasteiger partial charge >= 0.3 is 0 Å². The maximum Gasteiger partial charge on any atom is 0.137 e. The molecule has 74 valence electrons. The molecule has 1 aromatic heterocycles. The highest BCUT2D eigenvalue weighted by atomic mass is 19.1. The summed E-state index contributed by atoms with van der Waals surface area (Å²) < 4.78 is 15.1. The van der Waals surface area contributed by atoms with Gasteiger partial charge in [-0.2, -0.15) is 0 Å². The van der Waals surface area contributed by atoms with Gasteiger partial charge in [0.25, 0.3) is 0 Å². The Balaban J connectivity index is 2.52. The number of nitrogens with two attached hydrogens (primary N) is 1. The van der Waals surface area contributed by atoms with Crippen LogP contribution in [0, 0.1) is 0 Å². The molecule has 0 fully saturated rings. The van der Waals surface area contributed by atoms with E-state index in [2.05, 4.69) is 4.98 Å². The van der Waals surface area contributed by atoms with E-state index >= 15 is 0 Å². The molecule has 0 saturated carbocycles. The van der Waals surface area contributed by atoms with Crippen molar-refractivity contribution < 1.29 is 4.39 Å². The summed E-state index contributed by atoms with van der Waals surface area (Å²) >= 11 is 0. The fourth-order valence-electron chi connectivity index (χ4n) is 1.48. The lowest BCUT2D eigenvalue weighted by Gasteiger charge is -2.04. The van der Waals surface area contributed by atoms with Crippen LogP contribution in [0.25, 0.3) is 11.0 Å². The van der Waals surface area contributed by atoms with Crippen molar-refractivity contribution in [3.05, 3.63) is 30.1 Å². The summed E-state index contributed by atoms with van der Waals surface area (Å²) in [5.74, 6) is 0. The maximum absolute atomic E-state index is 13.2. The Kier molecular flexibility index (Phi) is 2.21. The Morgan fingerprint density at radius 3 is 3.07 bits per heavy atom. The molecule has 2 N–H and O–H groups in total. The SMILES string of the molecule is Cn1cnc2cc(C(F)CN)ccc21. The zero-order valence-corrected chi connectivity index (χ0v) is 7.94. The van der Waals surface area contributed by atoms with Crippen molar-refractivity contribution >= 4 is 11.0 Å². The number of hydrogen-bond donors (Lipinski definition) is 1. The number of aryl methyl sites for hydroxylation is 1. The van der Waals surface area contributed by atoms with Crippen LogP contribution in [-0.4, -0.2) is 16.1 Å². The van der Waals surface area contributed by atoms with Crippen molar-refractivity contribution in [3.63, 3.8) is 0 Å². The molecule has 0 aliphatic rings. The number of halogens is 1. The summed E-state index contributed by atoms with van der Waals surface area (Å²) in [5, 5.41) is 0. The van der Waals surface area contributed by atoms with Crippen LogP contribution in [0.4, 0.5) is 4.39 Å². The molecule has 2 rings (SSSR count). The van der Waals surface area contributed by atoms with E-state index in [1.54, 1.807) is 18.5 Å². The summed E-state index contributed by atoms with van der Waals surface area (Å²) in [7, 11) is 1.91. The van der Waals surface area contributed by atoms with Gasteiger partial charge in [0.1, 0.15) is 6.17 Å². The second kappa shape index (κ2) is 3.38. The summed E-state index contributed by atoms with van der Waals surface area (Å²) in [5.41, 5.74) is 7.65. The first kappa shape index (κ1) is 9.15. The molecule has 0 aliphatic heterocycles. The third-order valence-corrected chi connectivity index (χ3v) is 2.32. The lowest BCUT2D eigenvalue weighted by molar-refractivity contribution is 0.353. The first-order chi connectivity index (χ1) is 6.72. The highest BCUT2D eigenvalue weighted by molar-refractivity contribution is 5.76. The largest absolute Gasteiger partial charge is 0.334 e. The predicted molar refractivity (Wildman–Crippen MR) is 53.6 cm³/mol. The zero-order chi connectivity index (χ0) is 10.1. The van der Waals surface area contributed by atoms with Gasteiger partial charge in [-0.1, -0.05) is 6.07 Å². The summed E-state index contributed by atoms with van der Waals surface area (Å²) in [6.45, 7) is 0.0122. The van der Waals surface area contributed by atoms with Crippen LogP contribution in [0.15, 0.2) is 24.5 Å². The molecule has 0 spiro atoms. The minimum atomic E-state index is -1.10. The molecule has 1 atom stereocenters. The molecule has 0 saturated heterocycles. The minimum absolute atomic E-state index is 0.0122. The third-order valence-electron chi connectivity index (χ3n) is 2.32. The van der Waals surface area contributed by atoms with Gasteiger partial charge in [0.05, 0.1) is 17.4 Å². The zero-order valence-electron chi connectivity index (χ0n) is 7.94. The van der Waals surface area contributed by atoms with Gasteiger partial charge < -0.3 is 10.3 Å². The smallest absolute Gasteiger partial charge is 0.137 e. The Morgan fingerprint density at radius 2 is 2.36 bits per heavy atom. The average molecular weight is 193 g/mol. The van der Waals surface area contributed by atoms with E-state index in [4.69, 9.17) is 5.73 Å². The number of nitrogens with zero attached hydrogens (tertiary/aromatic N) is 2. The van der Waals surface area contributed by atoms with Crippen molar-refractivity contribution in [1.82, 2.24) is 9.55 Å². The van der Waals surface area contributed by atoms with Crippen molar-refractivity contribution in [3.8, 4) is 0 Å². The predicted octanol–water partition coefficient (Wildman–Crippen LogP) is 1.54. The molecule has 1 heterocycles. The van der Waals surface area contributed by atoms with E-state index in [-0.39, 0.29) is 6.54 Å². The first-order valence-corrected chi connectivity index (χ1v) is 4.47. The highest BCUT2D eigenvalue weighted by Crippen LogP contribution is 2.20.